The van der Waals surface area contributed by atoms with E-state index >= 15 is 0 Å². The number of hydrogen-bond acceptors (Lipinski definition) is 7. The van der Waals surface area contributed by atoms with Gasteiger partial charge in [-0.05, 0) is 67.1 Å². The van der Waals surface area contributed by atoms with Crippen LogP contribution in [0.5, 0.6) is 17.2 Å². The first-order valence-electron chi connectivity index (χ1n) is 11.5. The Morgan fingerprint density at radius 1 is 1.00 bits per heavy atom. The Morgan fingerprint density at radius 2 is 1.81 bits per heavy atom. The van der Waals surface area contributed by atoms with E-state index in [-0.39, 0.29) is 22.2 Å². The lowest BCUT2D eigenvalue weighted by molar-refractivity contribution is -0.136. The average molecular weight is 516 g/mol. The molecule has 8 nitrogen and oxygen atoms in total. The molecule has 1 N–H and O–H groups in total. The van der Waals surface area contributed by atoms with Crippen LogP contribution in [0.3, 0.4) is 0 Å². The van der Waals surface area contributed by atoms with Gasteiger partial charge in [0.05, 0.1) is 30.4 Å². The van der Waals surface area contributed by atoms with Gasteiger partial charge in [0.2, 0.25) is 0 Å². The third-order valence-corrected chi connectivity index (χ3v) is 6.23. The number of carbonyl (C=O) groups excluding carboxylic acids is 2. The molecular formula is C28H22ClN3O5. The highest BCUT2D eigenvalue weighted by atomic mass is 35.5. The molecule has 4 aromatic rings. The lowest BCUT2D eigenvalue weighted by Gasteiger charge is -2.24. The van der Waals surface area contributed by atoms with Crippen molar-refractivity contribution in [1.29, 1.82) is 0 Å². The Balaban J connectivity index is 1.24. The number of amides is 1. The summed E-state index contributed by atoms with van der Waals surface area (Å²) in [5.74, 6) is 0.570. The fourth-order valence-corrected chi connectivity index (χ4v) is 4.21. The summed E-state index contributed by atoms with van der Waals surface area (Å²) in [4.78, 5) is 25.6. The number of fused-ring (bicyclic) bond motifs is 1. The van der Waals surface area contributed by atoms with Gasteiger partial charge < -0.3 is 19.5 Å². The standard InChI is InChI=1S/C28H22ClN3O5/c1-35-19-9-6-17(7-10-19)23-11-13-26(32-31-23)30-27(33)18-8-12-25(22(29)16-18)37-28(34)21-14-15-36-24-5-3-2-4-20(21)24/h2-13,16,21H,14-15H2,1H3,(H,30,32,33). The number of anilines is 1. The summed E-state index contributed by atoms with van der Waals surface area (Å²) < 4.78 is 16.4. The summed E-state index contributed by atoms with van der Waals surface area (Å²) in [5, 5.41) is 11.1. The zero-order chi connectivity index (χ0) is 25.8. The van der Waals surface area contributed by atoms with Gasteiger partial charge in [0.25, 0.3) is 5.91 Å². The first-order chi connectivity index (χ1) is 18.0. The van der Waals surface area contributed by atoms with Crippen molar-refractivity contribution in [3.8, 4) is 28.5 Å². The van der Waals surface area contributed by atoms with Crippen LogP contribution in [-0.2, 0) is 4.79 Å². The van der Waals surface area contributed by atoms with Crippen LogP contribution >= 0.6 is 11.6 Å². The quantitative estimate of drug-likeness (QED) is 0.266. The number of ether oxygens (including phenoxy) is 3. The molecule has 1 aromatic heterocycles. The largest absolute Gasteiger partial charge is 0.497 e. The summed E-state index contributed by atoms with van der Waals surface area (Å²) >= 11 is 6.35. The molecule has 1 amide bonds. The normalized spacial score (nSPS) is 14.2. The molecule has 37 heavy (non-hydrogen) atoms. The minimum atomic E-state index is -0.455. The summed E-state index contributed by atoms with van der Waals surface area (Å²) in [7, 11) is 1.60. The van der Waals surface area contributed by atoms with Crippen LogP contribution in [0.15, 0.2) is 78.9 Å². The van der Waals surface area contributed by atoms with Crippen molar-refractivity contribution in [1.82, 2.24) is 10.2 Å². The van der Waals surface area contributed by atoms with Gasteiger partial charge in [-0.2, -0.15) is 0 Å². The van der Waals surface area contributed by atoms with E-state index in [1.165, 1.54) is 18.2 Å². The van der Waals surface area contributed by atoms with Crippen LogP contribution in [-0.4, -0.2) is 35.8 Å². The van der Waals surface area contributed by atoms with E-state index in [9.17, 15) is 9.59 Å². The third-order valence-electron chi connectivity index (χ3n) is 5.94. The van der Waals surface area contributed by atoms with E-state index in [2.05, 4.69) is 15.5 Å². The number of esters is 1. The second kappa shape index (κ2) is 10.7. The van der Waals surface area contributed by atoms with Gasteiger partial charge in [-0.1, -0.05) is 29.8 Å². The van der Waals surface area contributed by atoms with Gasteiger partial charge in [0.1, 0.15) is 17.2 Å². The van der Waals surface area contributed by atoms with Crippen LogP contribution in [0.4, 0.5) is 5.82 Å². The van der Waals surface area contributed by atoms with E-state index in [0.717, 1.165) is 16.9 Å². The van der Waals surface area contributed by atoms with Crippen LogP contribution < -0.4 is 19.5 Å². The first-order valence-corrected chi connectivity index (χ1v) is 11.9. The van der Waals surface area contributed by atoms with Crippen molar-refractivity contribution in [3.05, 3.63) is 95.0 Å². The van der Waals surface area contributed by atoms with Gasteiger partial charge in [-0.25, -0.2) is 0 Å². The van der Waals surface area contributed by atoms with E-state index in [4.69, 9.17) is 25.8 Å². The Bertz CT molecular complexity index is 1440. The molecule has 1 atom stereocenters. The number of methoxy groups -OCH3 is 1. The topological polar surface area (TPSA) is 99.6 Å². The molecule has 0 saturated heterocycles. The van der Waals surface area contributed by atoms with Gasteiger partial charge >= 0.3 is 5.97 Å². The molecule has 9 heteroatoms. The number of hydrogen-bond donors (Lipinski definition) is 1. The molecule has 0 fully saturated rings. The zero-order valence-electron chi connectivity index (χ0n) is 19.8. The molecule has 0 aliphatic carbocycles. The Morgan fingerprint density at radius 3 is 2.54 bits per heavy atom. The number of para-hydroxylation sites is 1. The van der Waals surface area contributed by atoms with Crippen molar-refractivity contribution in [2.75, 3.05) is 19.0 Å². The second-order valence-corrected chi connectivity index (χ2v) is 8.69. The Kier molecular flexibility index (Phi) is 7.00. The highest BCUT2D eigenvalue weighted by Crippen LogP contribution is 2.35. The fraction of sp³-hybridized carbons (Fsp3) is 0.143. The lowest BCUT2D eigenvalue weighted by atomic mass is 9.93. The van der Waals surface area contributed by atoms with E-state index in [1.807, 2.05) is 48.5 Å². The first kappa shape index (κ1) is 24.3. The molecule has 1 unspecified atom stereocenters. The summed E-state index contributed by atoms with van der Waals surface area (Å²) in [6, 6.07) is 22.7. The molecule has 0 radical (unpaired) electrons. The molecule has 186 valence electrons. The molecule has 3 aromatic carbocycles. The molecule has 1 aliphatic rings. The summed E-state index contributed by atoms with van der Waals surface area (Å²) in [5.41, 5.74) is 2.58. The monoisotopic (exact) mass is 515 g/mol. The second-order valence-electron chi connectivity index (χ2n) is 8.28. The maximum atomic E-state index is 12.9. The van der Waals surface area contributed by atoms with E-state index < -0.39 is 17.8 Å². The van der Waals surface area contributed by atoms with Gasteiger partial charge in [-0.3, -0.25) is 9.59 Å². The Labute approximate surface area is 218 Å². The van der Waals surface area contributed by atoms with Gasteiger partial charge in [0.15, 0.2) is 5.82 Å². The number of aromatic nitrogens is 2. The number of halogens is 1. The zero-order valence-corrected chi connectivity index (χ0v) is 20.6. The summed E-state index contributed by atoms with van der Waals surface area (Å²) in [6.45, 7) is 0.424. The third kappa shape index (κ3) is 5.39. The maximum Gasteiger partial charge on any atom is 0.319 e. The summed E-state index contributed by atoms with van der Waals surface area (Å²) in [6.07, 6.45) is 0.506. The van der Waals surface area contributed by atoms with Crippen molar-refractivity contribution in [3.63, 3.8) is 0 Å². The van der Waals surface area contributed by atoms with Crippen LogP contribution in [0.2, 0.25) is 5.02 Å². The maximum absolute atomic E-state index is 12.9. The lowest BCUT2D eigenvalue weighted by Crippen LogP contribution is -2.25. The number of nitrogens with zero attached hydrogens (tertiary/aromatic N) is 2. The molecular weight excluding hydrogens is 494 g/mol. The SMILES string of the molecule is COc1ccc(-c2ccc(NC(=O)c3ccc(OC(=O)C4CCOc5ccccc54)c(Cl)c3)nn2)cc1. The van der Waals surface area contributed by atoms with Crippen LogP contribution in [0, 0.1) is 0 Å². The van der Waals surface area contributed by atoms with Gasteiger partial charge in [-0.15, -0.1) is 10.2 Å². The smallest absolute Gasteiger partial charge is 0.319 e. The van der Waals surface area contributed by atoms with Gasteiger partial charge in [0, 0.05) is 16.7 Å². The van der Waals surface area contributed by atoms with Crippen molar-refractivity contribution >= 4 is 29.3 Å². The molecule has 0 saturated carbocycles. The predicted molar refractivity (Wildman–Crippen MR) is 138 cm³/mol. The molecule has 5 rings (SSSR count). The highest BCUT2D eigenvalue weighted by molar-refractivity contribution is 6.32. The number of nitrogens with one attached hydrogen (secondary N) is 1. The van der Waals surface area contributed by atoms with E-state index in [1.54, 1.807) is 19.2 Å². The van der Waals surface area contributed by atoms with E-state index in [0.29, 0.717) is 24.5 Å². The fourth-order valence-electron chi connectivity index (χ4n) is 3.99. The van der Waals surface area contributed by atoms with Crippen LogP contribution in [0.1, 0.15) is 28.3 Å². The van der Waals surface area contributed by atoms with Crippen molar-refractivity contribution < 1.29 is 23.8 Å². The molecule has 2 heterocycles. The van der Waals surface area contributed by atoms with Crippen molar-refractivity contribution in [2.45, 2.75) is 12.3 Å². The Hall–Kier alpha value is -4.43. The minimum Gasteiger partial charge on any atom is -0.497 e. The molecule has 0 spiro atoms. The number of benzene rings is 3. The number of rotatable bonds is 6. The molecule has 1 aliphatic heterocycles. The number of carbonyl (C=O) groups is 2. The van der Waals surface area contributed by atoms with Crippen molar-refractivity contribution in [2.24, 2.45) is 0 Å². The minimum absolute atomic E-state index is 0.141. The van der Waals surface area contributed by atoms with Crippen LogP contribution in [0.25, 0.3) is 11.3 Å². The molecule has 0 bridgehead atoms. The average Bonchev–Trinajstić information content (AvgIpc) is 2.94. The highest BCUT2D eigenvalue weighted by Gasteiger charge is 2.29. The predicted octanol–water partition coefficient (Wildman–Crippen LogP) is 5.53.